The Morgan fingerprint density at radius 3 is 2.74 bits per heavy atom. The molecule has 8 heteroatoms. The van der Waals surface area contributed by atoms with Crippen molar-refractivity contribution in [3.8, 4) is 5.75 Å². The minimum atomic E-state index is -1.12. The number of fused-ring (bicyclic) bond motifs is 1. The van der Waals surface area contributed by atoms with E-state index in [0.717, 1.165) is 44.9 Å². The second kappa shape index (κ2) is 11.1. The number of nitrogens with one attached hydrogen (secondary N) is 2. The van der Waals surface area contributed by atoms with E-state index < -0.39 is 29.6 Å². The van der Waals surface area contributed by atoms with E-state index in [-0.39, 0.29) is 23.8 Å². The number of anilines is 1. The molecule has 1 aromatic rings. The number of nitrogens with zero attached hydrogens (tertiary/aromatic N) is 1. The standard InChI is InChI=1S/C30H41N3O5/c1-4-5-6-9-17-33-26(28(35)32-22-14-8-7-11-19(22)2)30-16-15-23(38-30)24(25(30)29(33)36)27(34)31-20-12-10-13-21(18-20)37-3/h10,12-13,15-16,18-19,22-26H,4-9,11,14,17H2,1-3H3,(H,31,34)(H,32,35)/t19-,22+,23-,24-,25-,26+,30+/m1/s1. The van der Waals surface area contributed by atoms with E-state index in [1.165, 1.54) is 6.42 Å². The minimum Gasteiger partial charge on any atom is -0.497 e. The summed E-state index contributed by atoms with van der Waals surface area (Å²) in [6.45, 7) is 4.82. The molecule has 3 heterocycles. The van der Waals surface area contributed by atoms with Crippen molar-refractivity contribution in [1.82, 2.24) is 10.2 Å². The van der Waals surface area contributed by atoms with Gasteiger partial charge in [-0.3, -0.25) is 14.4 Å². The average Bonchev–Trinajstić information content (AvgIpc) is 3.55. The first-order valence-corrected chi connectivity index (χ1v) is 14.3. The maximum atomic E-state index is 14.0. The van der Waals surface area contributed by atoms with Crippen LogP contribution in [0.25, 0.3) is 0 Å². The molecule has 8 nitrogen and oxygen atoms in total. The zero-order chi connectivity index (χ0) is 26.9. The summed E-state index contributed by atoms with van der Waals surface area (Å²) in [4.78, 5) is 43.2. The van der Waals surface area contributed by atoms with Gasteiger partial charge in [-0.1, -0.05) is 64.2 Å². The number of ether oxygens (including phenoxy) is 2. The van der Waals surface area contributed by atoms with Crippen molar-refractivity contribution >= 4 is 23.4 Å². The van der Waals surface area contributed by atoms with Crippen molar-refractivity contribution < 1.29 is 23.9 Å². The Hall–Kier alpha value is -2.87. The van der Waals surface area contributed by atoms with Crippen LogP contribution in [0.2, 0.25) is 0 Å². The van der Waals surface area contributed by atoms with Gasteiger partial charge in [0.1, 0.15) is 17.4 Å². The van der Waals surface area contributed by atoms with Crippen LogP contribution in [0, 0.1) is 17.8 Å². The summed E-state index contributed by atoms with van der Waals surface area (Å²) in [7, 11) is 1.57. The van der Waals surface area contributed by atoms with Gasteiger partial charge in [0.15, 0.2) is 0 Å². The molecule has 3 aliphatic heterocycles. The Bertz CT molecular complexity index is 1090. The molecule has 1 aromatic carbocycles. The first-order chi connectivity index (χ1) is 18.4. The third-order valence-electron chi connectivity index (χ3n) is 8.95. The highest BCUT2D eigenvalue weighted by atomic mass is 16.5. The van der Waals surface area contributed by atoms with Gasteiger partial charge in [0, 0.05) is 24.3 Å². The number of methoxy groups -OCH3 is 1. The number of carbonyl (C=O) groups excluding carboxylic acids is 3. The fourth-order valence-corrected chi connectivity index (χ4v) is 6.94. The van der Waals surface area contributed by atoms with Crippen molar-refractivity contribution in [1.29, 1.82) is 0 Å². The van der Waals surface area contributed by atoms with E-state index in [9.17, 15) is 14.4 Å². The van der Waals surface area contributed by atoms with Gasteiger partial charge in [-0.05, 0) is 37.3 Å². The monoisotopic (exact) mass is 523 g/mol. The Balaban J connectivity index is 1.41. The molecule has 0 unspecified atom stereocenters. The van der Waals surface area contributed by atoms with E-state index in [2.05, 4.69) is 24.5 Å². The number of rotatable bonds is 10. The molecule has 3 fully saturated rings. The van der Waals surface area contributed by atoms with Crippen LogP contribution in [0.15, 0.2) is 36.4 Å². The van der Waals surface area contributed by atoms with E-state index in [1.807, 2.05) is 12.2 Å². The number of benzene rings is 1. The van der Waals surface area contributed by atoms with Gasteiger partial charge >= 0.3 is 0 Å². The minimum absolute atomic E-state index is 0.0958. The van der Waals surface area contributed by atoms with Gasteiger partial charge in [0.05, 0.1) is 25.0 Å². The first-order valence-electron chi connectivity index (χ1n) is 14.3. The zero-order valence-electron chi connectivity index (χ0n) is 22.8. The third kappa shape index (κ3) is 4.72. The molecule has 7 atom stereocenters. The van der Waals surface area contributed by atoms with Gasteiger partial charge < -0.3 is 25.0 Å². The molecule has 4 aliphatic rings. The molecule has 0 aromatic heterocycles. The molecule has 3 amide bonds. The largest absolute Gasteiger partial charge is 0.497 e. The molecule has 2 bridgehead atoms. The molecule has 1 aliphatic carbocycles. The molecule has 2 saturated heterocycles. The van der Waals surface area contributed by atoms with Gasteiger partial charge in [-0.25, -0.2) is 0 Å². The predicted octanol–water partition coefficient (Wildman–Crippen LogP) is 4.06. The number of amides is 3. The van der Waals surface area contributed by atoms with Crippen LogP contribution in [0.5, 0.6) is 5.75 Å². The van der Waals surface area contributed by atoms with Crippen molar-refractivity contribution in [2.75, 3.05) is 19.0 Å². The maximum Gasteiger partial charge on any atom is 0.246 e. The highest BCUT2D eigenvalue weighted by molar-refractivity contribution is 6.02. The highest BCUT2D eigenvalue weighted by Crippen LogP contribution is 2.55. The lowest BCUT2D eigenvalue weighted by Gasteiger charge is -2.36. The van der Waals surface area contributed by atoms with Crippen molar-refractivity contribution in [3.05, 3.63) is 36.4 Å². The number of carbonyl (C=O) groups is 3. The second-order valence-electron chi connectivity index (χ2n) is 11.4. The summed E-state index contributed by atoms with van der Waals surface area (Å²) >= 11 is 0. The van der Waals surface area contributed by atoms with Crippen molar-refractivity contribution in [2.45, 2.75) is 89.0 Å². The SMILES string of the molecule is CCCCCCN1C(=O)[C@H]2[C@H](C(=O)Nc3cccc(OC)c3)[C@H]3C=C[C@@]2(O3)[C@@H]1C(=O)N[C@H]1CCCC[C@H]1C. The molecule has 0 radical (unpaired) electrons. The van der Waals surface area contributed by atoms with Gasteiger partial charge in [-0.2, -0.15) is 0 Å². The first kappa shape index (κ1) is 26.7. The smallest absolute Gasteiger partial charge is 0.246 e. The Labute approximate surface area is 225 Å². The van der Waals surface area contributed by atoms with Gasteiger partial charge in [-0.15, -0.1) is 0 Å². The fourth-order valence-electron chi connectivity index (χ4n) is 6.94. The Morgan fingerprint density at radius 1 is 1.16 bits per heavy atom. The van der Waals surface area contributed by atoms with Crippen LogP contribution in [0.4, 0.5) is 5.69 Å². The summed E-state index contributed by atoms with van der Waals surface area (Å²) in [6, 6.07) is 6.47. The van der Waals surface area contributed by atoms with Crippen LogP contribution in [-0.2, 0) is 19.1 Å². The molecule has 1 spiro atoms. The van der Waals surface area contributed by atoms with Crippen LogP contribution in [0.3, 0.4) is 0 Å². The van der Waals surface area contributed by atoms with Crippen LogP contribution in [0.1, 0.15) is 65.2 Å². The summed E-state index contributed by atoms with van der Waals surface area (Å²) in [5.74, 6) is -0.996. The number of hydrogen-bond acceptors (Lipinski definition) is 5. The number of hydrogen-bond donors (Lipinski definition) is 2. The summed E-state index contributed by atoms with van der Waals surface area (Å²) in [6.07, 6.45) is 11.5. The number of likely N-dealkylation sites (tertiary alicyclic amines) is 1. The summed E-state index contributed by atoms with van der Waals surface area (Å²) < 4.78 is 11.7. The van der Waals surface area contributed by atoms with E-state index in [1.54, 1.807) is 36.3 Å². The predicted molar refractivity (Wildman–Crippen MR) is 145 cm³/mol. The van der Waals surface area contributed by atoms with Crippen LogP contribution in [-0.4, -0.2) is 60.1 Å². The van der Waals surface area contributed by atoms with Gasteiger partial charge in [0.25, 0.3) is 0 Å². The molecule has 206 valence electrons. The van der Waals surface area contributed by atoms with E-state index >= 15 is 0 Å². The molecule has 5 rings (SSSR count). The lowest BCUT2D eigenvalue weighted by molar-refractivity contribution is -0.141. The lowest BCUT2D eigenvalue weighted by Crippen LogP contribution is -2.57. The van der Waals surface area contributed by atoms with E-state index in [4.69, 9.17) is 9.47 Å². The van der Waals surface area contributed by atoms with Crippen molar-refractivity contribution in [2.24, 2.45) is 17.8 Å². The Morgan fingerprint density at radius 2 is 1.97 bits per heavy atom. The van der Waals surface area contributed by atoms with Crippen LogP contribution >= 0.6 is 0 Å². The third-order valence-corrected chi connectivity index (χ3v) is 8.95. The molecule has 1 saturated carbocycles. The second-order valence-corrected chi connectivity index (χ2v) is 11.4. The molecular formula is C30H41N3O5. The maximum absolute atomic E-state index is 14.0. The molecule has 38 heavy (non-hydrogen) atoms. The number of unbranched alkanes of at least 4 members (excludes halogenated alkanes) is 3. The fraction of sp³-hybridized carbons (Fsp3) is 0.633. The lowest BCUT2D eigenvalue weighted by atomic mass is 9.74. The zero-order valence-corrected chi connectivity index (χ0v) is 22.8. The van der Waals surface area contributed by atoms with Crippen molar-refractivity contribution in [3.63, 3.8) is 0 Å². The molecule has 2 N–H and O–H groups in total. The summed E-state index contributed by atoms with van der Waals surface area (Å²) in [5.41, 5.74) is -0.525. The highest BCUT2D eigenvalue weighted by Gasteiger charge is 2.72. The van der Waals surface area contributed by atoms with E-state index in [0.29, 0.717) is 23.9 Å². The van der Waals surface area contributed by atoms with Gasteiger partial charge in [0.2, 0.25) is 17.7 Å². The normalized spacial score (nSPS) is 33.3. The van der Waals surface area contributed by atoms with Crippen LogP contribution < -0.4 is 15.4 Å². The Kier molecular flexibility index (Phi) is 7.80. The quantitative estimate of drug-likeness (QED) is 0.356. The average molecular weight is 524 g/mol. The summed E-state index contributed by atoms with van der Waals surface area (Å²) in [5, 5.41) is 6.25. The molecular weight excluding hydrogens is 482 g/mol. The topological polar surface area (TPSA) is 97.0 Å².